The highest BCUT2D eigenvalue weighted by atomic mass is 15.2. The van der Waals surface area contributed by atoms with Crippen molar-refractivity contribution in [1.82, 2.24) is 0 Å². The minimum absolute atomic E-state index is 0.308. The Morgan fingerprint density at radius 3 is 2.34 bits per heavy atom. The Morgan fingerprint density at radius 2 is 1.51 bits per heavy atom. The van der Waals surface area contributed by atoms with E-state index in [2.05, 4.69) is 128 Å². The first-order chi connectivity index (χ1) is 17.2. The van der Waals surface area contributed by atoms with Gasteiger partial charge in [0.15, 0.2) is 0 Å². The van der Waals surface area contributed by atoms with Crippen LogP contribution < -0.4 is 4.90 Å². The predicted octanol–water partition coefficient (Wildman–Crippen LogP) is 8.64. The Hall–Kier alpha value is -3.84. The molecule has 7 rings (SSSR count). The van der Waals surface area contributed by atoms with Gasteiger partial charge in [-0.15, -0.1) is 0 Å². The van der Waals surface area contributed by atoms with E-state index in [9.17, 15) is 0 Å². The molecule has 0 saturated heterocycles. The Balaban J connectivity index is 1.29. The van der Waals surface area contributed by atoms with Crippen LogP contribution in [0.4, 0.5) is 11.4 Å². The molecule has 0 aromatic heterocycles. The molecule has 0 amide bonds. The number of benzene rings is 4. The summed E-state index contributed by atoms with van der Waals surface area (Å²) in [5, 5.41) is 0. The van der Waals surface area contributed by atoms with Crippen LogP contribution in [0.15, 0.2) is 109 Å². The standard InChI is InChI=1S/C34H29N/c1-22(2)23-12-14-26-18-27-15-13-24(20-31(27)30(26)19-23)25-16-17-34-32(21-25)29-10-6-7-11-33(29)35(34)28-8-4-3-5-9-28/h3-17,19-22,32,34H,18H2,1-2H3. The van der Waals surface area contributed by atoms with Gasteiger partial charge in [0, 0.05) is 17.3 Å². The predicted molar refractivity (Wildman–Crippen MR) is 147 cm³/mol. The van der Waals surface area contributed by atoms with Gasteiger partial charge >= 0.3 is 0 Å². The first-order valence-electron chi connectivity index (χ1n) is 12.8. The van der Waals surface area contributed by atoms with Gasteiger partial charge < -0.3 is 4.90 Å². The van der Waals surface area contributed by atoms with Crippen LogP contribution in [0.5, 0.6) is 0 Å². The number of para-hydroxylation sites is 2. The van der Waals surface area contributed by atoms with Gasteiger partial charge in [0.25, 0.3) is 0 Å². The average molecular weight is 452 g/mol. The molecule has 4 aromatic carbocycles. The first-order valence-corrected chi connectivity index (χ1v) is 12.8. The van der Waals surface area contributed by atoms with E-state index in [0.717, 1.165) is 6.42 Å². The van der Waals surface area contributed by atoms with Crippen LogP contribution in [0.2, 0.25) is 0 Å². The van der Waals surface area contributed by atoms with E-state index in [1.54, 1.807) is 0 Å². The van der Waals surface area contributed by atoms with Gasteiger partial charge in [-0.05, 0) is 81.1 Å². The second-order valence-corrected chi connectivity index (χ2v) is 10.4. The van der Waals surface area contributed by atoms with Crippen LogP contribution in [0.25, 0.3) is 16.7 Å². The molecule has 0 spiro atoms. The highest BCUT2D eigenvalue weighted by molar-refractivity contribution is 5.86. The minimum Gasteiger partial charge on any atom is -0.333 e. The van der Waals surface area contributed by atoms with E-state index in [4.69, 9.17) is 0 Å². The molecule has 4 aromatic rings. The highest BCUT2D eigenvalue weighted by Crippen LogP contribution is 2.49. The third-order valence-corrected chi connectivity index (χ3v) is 8.00. The Labute approximate surface area is 208 Å². The summed E-state index contributed by atoms with van der Waals surface area (Å²) in [7, 11) is 0. The van der Waals surface area contributed by atoms with E-state index in [0.29, 0.717) is 17.9 Å². The first kappa shape index (κ1) is 20.5. The lowest BCUT2D eigenvalue weighted by atomic mass is 9.85. The fourth-order valence-electron chi connectivity index (χ4n) is 6.16. The van der Waals surface area contributed by atoms with E-state index < -0.39 is 0 Å². The lowest BCUT2D eigenvalue weighted by Crippen LogP contribution is -2.28. The van der Waals surface area contributed by atoms with Gasteiger partial charge in [-0.25, -0.2) is 0 Å². The zero-order chi connectivity index (χ0) is 23.5. The molecule has 0 saturated carbocycles. The molecule has 0 N–H and O–H groups in total. The van der Waals surface area contributed by atoms with Crippen molar-refractivity contribution in [3.05, 3.63) is 137 Å². The van der Waals surface area contributed by atoms with Crippen LogP contribution in [0.1, 0.15) is 53.5 Å². The molecule has 1 heterocycles. The summed E-state index contributed by atoms with van der Waals surface area (Å²) in [5.41, 5.74) is 13.8. The lowest BCUT2D eigenvalue weighted by molar-refractivity contribution is 0.747. The summed E-state index contributed by atoms with van der Waals surface area (Å²) in [6.45, 7) is 4.56. The number of hydrogen-bond acceptors (Lipinski definition) is 1. The number of fused-ring (bicyclic) bond motifs is 6. The summed E-state index contributed by atoms with van der Waals surface area (Å²) in [6, 6.07) is 34.1. The van der Waals surface area contributed by atoms with Crippen molar-refractivity contribution < 1.29 is 0 Å². The van der Waals surface area contributed by atoms with E-state index in [-0.39, 0.29) is 0 Å². The number of rotatable bonds is 3. The summed E-state index contributed by atoms with van der Waals surface area (Å²) >= 11 is 0. The van der Waals surface area contributed by atoms with Crippen molar-refractivity contribution in [3.8, 4) is 11.1 Å². The van der Waals surface area contributed by atoms with E-state index >= 15 is 0 Å². The second-order valence-electron chi connectivity index (χ2n) is 10.4. The number of anilines is 2. The van der Waals surface area contributed by atoms with Gasteiger partial charge in [-0.3, -0.25) is 0 Å². The zero-order valence-corrected chi connectivity index (χ0v) is 20.3. The number of hydrogen-bond donors (Lipinski definition) is 0. The molecule has 0 radical (unpaired) electrons. The van der Waals surface area contributed by atoms with Crippen LogP contribution in [-0.4, -0.2) is 6.04 Å². The average Bonchev–Trinajstić information content (AvgIpc) is 3.43. The summed E-state index contributed by atoms with van der Waals surface area (Å²) in [6.07, 6.45) is 8.28. The van der Waals surface area contributed by atoms with Crippen molar-refractivity contribution in [3.63, 3.8) is 0 Å². The van der Waals surface area contributed by atoms with Crippen LogP contribution in [-0.2, 0) is 6.42 Å². The highest BCUT2D eigenvalue weighted by Gasteiger charge is 2.38. The van der Waals surface area contributed by atoms with Crippen molar-refractivity contribution in [2.75, 3.05) is 4.90 Å². The Kier molecular flexibility index (Phi) is 4.60. The molecule has 1 heteroatoms. The molecule has 0 fully saturated rings. The van der Waals surface area contributed by atoms with Gasteiger partial charge in [0.2, 0.25) is 0 Å². The van der Waals surface area contributed by atoms with Crippen molar-refractivity contribution >= 4 is 16.9 Å². The lowest BCUT2D eigenvalue weighted by Gasteiger charge is -2.29. The Bertz CT molecular complexity index is 1510. The van der Waals surface area contributed by atoms with E-state index in [1.165, 1.54) is 55.9 Å². The molecule has 1 nitrogen and oxygen atoms in total. The van der Waals surface area contributed by atoms with Crippen LogP contribution in [0, 0.1) is 0 Å². The van der Waals surface area contributed by atoms with Gasteiger partial charge in [0.05, 0.1) is 6.04 Å². The quantitative estimate of drug-likeness (QED) is 0.265. The maximum absolute atomic E-state index is 2.50. The van der Waals surface area contributed by atoms with Crippen molar-refractivity contribution in [2.45, 2.75) is 38.1 Å². The molecule has 2 unspecified atom stereocenters. The monoisotopic (exact) mass is 451 g/mol. The maximum atomic E-state index is 2.50. The topological polar surface area (TPSA) is 3.24 Å². The smallest absolute Gasteiger partial charge is 0.0630 e. The summed E-state index contributed by atoms with van der Waals surface area (Å²) in [5.74, 6) is 0.892. The van der Waals surface area contributed by atoms with Gasteiger partial charge in [-0.2, -0.15) is 0 Å². The molecule has 2 aliphatic carbocycles. The minimum atomic E-state index is 0.308. The molecule has 1 aliphatic heterocycles. The summed E-state index contributed by atoms with van der Waals surface area (Å²) in [4.78, 5) is 2.50. The molecule has 0 bridgehead atoms. The molecule has 170 valence electrons. The maximum Gasteiger partial charge on any atom is 0.0630 e. The molecular formula is C34H29N. The van der Waals surface area contributed by atoms with Gasteiger partial charge in [-0.1, -0.05) is 98.8 Å². The van der Waals surface area contributed by atoms with Gasteiger partial charge in [0.1, 0.15) is 0 Å². The fraction of sp³-hybridized carbons (Fsp3) is 0.176. The van der Waals surface area contributed by atoms with Crippen molar-refractivity contribution in [2.24, 2.45) is 0 Å². The van der Waals surface area contributed by atoms with Crippen LogP contribution >= 0.6 is 0 Å². The molecule has 3 aliphatic rings. The molecular weight excluding hydrogens is 422 g/mol. The largest absolute Gasteiger partial charge is 0.333 e. The third kappa shape index (κ3) is 3.22. The van der Waals surface area contributed by atoms with Crippen LogP contribution in [0.3, 0.4) is 0 Å². The van der Waals surface area contributed by atoms with E-state index in [1.807, 2.05) is 0 Å². The Morgan fingerprint density at radius 1 is 0.771 bits per heavy atom. The second kappa shape index (κ2) is 7.85. The third-order valence-electron chi connectivity index (χ3n) is 8.00. The molecule has 35 heavy (non-hydrogen) atoms. The fourth-order valence-corrected chi connectivity index (χ4v) is 6.16. The normalized spacial score (nSPS) is 19.3. The molecule has 2 atom stereocenters. The zero-order valence-electron chi connectivity index (χ0n) is 20.3. The summed E-state index contributed by atoms with van der Waals surface area (Å²) < 4.78 is 0. The number of allylic oxidation sites excluding steroid dienone is 2. The van der Waals surface area contributed by atoms with Crippen molar-refractivity contribution in [1.29, 1.82) is 0 Å². The SMILES string of the molecule is CC(C)c1ccc2c(c1)-c1cc(C3=CC4c5ccccc5N(c5ccccc5)C4C=C3)ccc1C2. The number of nitrogens with zero attached hydrogens (tertiary/aromatic N) is 1.